The molecule has 0 bridgehead atoms. The van der Waals surface area contributed by atoms with Crippen LogP contribution in [-0.2, 0) is 7.05 Å². The molecule has 0 spiro atoms. The van der Waals surface area contributed by atoms with Gasteiger partial charge in [-0.15, -0.1) is 0 Å². The van der Waals surface area contributed by atoms with E-state index in [2.05, 4.69) is 10.1 Å². The van der Waals surface area contributed by atoms with Gasteiger partial charge in [0.05, 0.1) is 16.8 Å². The third-order valence-corrected chi connectivity index (χ3v) is 5.33. The Balaban J connectivity index is 1.94. The van der Waals surface area contributed by atoms with E-state index >= 15 is 0 Å². The molecule has 8 nitrogen and oxygen atoms in total. The number of rotatable bonds is 5. The third kappa shape index (κ3) is 3.61. The molecule has 0 unspecified atom stereocenters. The van der Waals surface area contributed by atoms with Crippen LogP contribution in [0, 0.1) is 24.1 Å². The van der Waals surface area contributed by atoms with E-state index < -0.39 is 5.82 Å². The Morgan fingerprint density at radius 1 is 1.28 bits per heavy atom. The van der Waals surface area contributed by atoms with E-state index in [1.165, 1.54) is 17.0 Å². The van der Waals surface area contributed by atoms with Gasteiger partial charge in [-0.05, 0) is 43.3 Å². The molecule has 1 amide bonds. The molecule has 162 valence electrons. The maximum atomic E-state index is 14.4. The first-order valence-corrected chi connectivity index (χ1v) is 10.0. The first-order valence-electron chi connectivity index (χ1n) is 10.0. The van der Waals surface area contributed by atoms with Crippen LogP contribution in [0.5, 0.6) is 0 Å². The number of imidazole rings is 1. The Morgan fingerprint density at radius 2 is 2.06 bits per heavy atom. The fraction of sp³-hybridized carbons (Fsp3) is 0.217. The van der Waals surface area contributed by atoms with Crippen LogP contribution in [0.3, 0.4) is 0 Å². The van der Waals surface area contributed by atoms with Crippen molar-refractivity contribution in [1.29, 1.82) is 5.26 Å². The van der Waals surface area contributed by atoms with Gasteiger partial charge >= 0.3 is 0 Å². The second-order valence-electron chi connectivity index (χ2n) is 7.57. The SMILES string of the molecule is Cc1c(C(=O)N(C)CCN)nc(-c2ccc(C#N)c(F)c2)n1-c1ccc2nn(C)cc2c1. The summed E-state index contributed by atoms with van der Waals surface area (Å²) in [6, 6.07) is 11.8. The van der Waals surface area contributed by atoms with Crippen molar-refractivity contribution in [1.82, 2.24) is 24.2 Å². The van der Waals surface area contributed by atoms with Gasteiger partial charge in [0.25, 0.3) is 5.91 Å². The lowest BCUT2D eigenvalue weighted by Crippen LogP contribution is -2.32. The van der Waals surface area contributed by atoms with Crippen LogP contribution in [0.15, 0.2) is 42.6 Å². The Hall–Kier alpha value is -4.03. The number of benzene rings is 2. The zero-order valence-electron chi connectivity index (χ0n) is 18.0. The van der Waals surface area contributed by atoms with Crippen molar-refractivity contribution >= 4 is 16.8 Å². The molecular weight excluding hydrogens is 409 g/mol. The van der Waals surface area contributed by atoms with Gasteiger partial charge in [-0.2, -0.15) is 10.4 Å². The van der Waals surface area contributed by atoms with E-state index in [0.717, 1.165) is 16.6 Å². The molecule has 9 heteroatoms. The number of likely N-dealkylation sites (N-methyl/N-ethyl adjacent to an activating group) is 1. The highest BCUT2D eigenvalue weighted by molar-refractivity contribution is 5.94. The molecule has 4 aromatic rings. The van der Waals surface area contributed by atoms with E-state index in [1.54, 1.807) is 24.7 Å². The summed E-state index contributed by atoms with van der Waals surface area (Å²) >= 11 is 0. The Labute approximate surface area is 184 Å². The first kappa shape index (κ1) is 21.2. The summed E-state index contributed by atoms with van der Waals surface area (Å²) in [6.07, 6.45) is 1.90. The van der Waals surface area contributed by atoms with Crippen LogP contribution in [0.25, 0.3) is 28.0 Å². The second kappa shape index (κ2) is 8.24. The molecule has 4 rings (SSSR count). The molecule has 2 N–H and O–H groups in total. The molecule has 32 heavy (non-hydrogen) atoms. The molecule has 2 aromatic heterocycles. The Kier molecular flexibility index (Phi) is 5.47. The number of nitrogens with zero attached hydrogens (tertiary/aromatic N) is 6. The molecule has 0 aliphatic rings. The normalized spacial score (nSPS) is 11.0. The summed E-state index contributed by atoms with van der Waals surface area (Å²) in [7, 11) is 3.51. The lowest BCUT2D eigenvalue weighted by Gasteiger charge is -2.15. The number of aryl methyl sites for hydroxylation is 1. The second-order valence-corrected chi connectivity index (χ2v) is 7.57. The molecule has 0 saturated heterocycles. The Morgan fingerprint density at radius 3 is 2.75 bits per heavy atom. The van der Waals surface area contributed by atoms with Gasteiger partial charge in [0, 0.05) is 50.0 Å². The van der Waals surface area contributed by atoms with Gasteiger partial charge in [-0.1, -0.05) is 0 Å². The highest BCUT2D eigenvalue weighted by atomic mass is 19.1. The predicted octanol–water partition coefficient (Wildman–Crippen LogP) is 2.78. The molecule has 2 aromatic carbocycles. The van der Waals surface area contributed by atoms with Crippen LogP contribution in [0.2, 0.25) is 0 Å². The average molecular weight is 431 g/mol. The van der Waals surface area contributed by atoms with Crippen molar-refractivity contribution in [2.75, 3.05) is 20.1 Å². The van der Waals surface area contributed by atoms with E-state index in [-0.39, 0.29) is 17.2 Å². The lowest BCUT2D eigenvalue weighted by molar-refractivity contribution is 0.0793. The average Bonchev–Trinajstić information content (AvgIpc) is 3.31. The van der Waals surface area contributed by atoms with Crippen LogP contribution in [0.4, 0.5) is 4.39 Å². The van der Waals surface area contributed by atoms with Gasteiger partial charge in [0.2, 0.25) is 0 Å². The van der Waals surface area contributed by atoms with Crippen molar-refractivity contribution in [2.45, 2.75) is 6.92 Å². The Bertz CT molecular complexity index is 1380. The molecule has 2 heterocycles. The van der Waals surface area contributed by atoms with E-state index in [0.29, 0.717) is 30.2 Å². The molecular formula is C23H22FN7O. The third-order valence-electron chi connectivity index (χ3n) is 5.33. The number of hydrogen-bond acceptors (Lipinski definition) is 5. The summed E-state index contributed by atoms with van der Waals surface area (Å²) in [4.78, 5) is 19.1. The van der Waals surface area contributed by atoms with Crippen molar-refractivity contribution in [3.05, 3.63) is 65.4 Å². The quantitative estimate of drug-likeness (QED) is 0.523. The van der Waals surface area contributed by atoms with Crippen LogP contribution in [-0.4, -0.2) is 50.3 Å². The molecule has 0 radical (unpaired) electrons. The number of nitriles is 1. The van der Waals surface area contributed by atoms with Crippen LogP contribution < -0.4 is 5.73 Å². The van der Waals surface area contributed by atoms with Crippen molar-refractivity contribution in [2.24, 2.45) is 12.8 Å². The number of carbonyl (C=O) groups is 1. The maximum absolute atomic E-state index is 14.4. The van der Waals surface area contributed by atoms with E-state index in [4.69, 9.17) is 11.0 Å². The number of nitrogens with two attached hydrogens (primary N) is 1. The fourth-order valence-electron chi connectivity index (χ4n) is 3.71. The number of hydrogen-bond donors (Lipinski definition) is 1. The highest BCUT2D eigenvalue weighted by Crippen LogP contribution is 2.29. The van der Waals surface area contributed by atoms with Crippen molar-refractivity contribution in [3.8, 4) is 23.1 Å². The van der Waals surface area contributed by atoms with Gasteiger partial charge in [0.1, 0.15) is 23.4 Å². The van der Waals surface area contributed by atoms with Gasteiger partial charge in [0.15, 0.2) is 0 Å². The predicted molar refractivity (Wildman–Crippen MR) is 119 cm³/mol. The van der Waals surface area contributed by atoms with Gasteiger partial charge < -0.3 is 10.6 Å². The van der Waals surface area contributed by atoms with E-state index in [1.807, 2.05) is 42.1 Å². The topological polar surface area (TPSA) is 106 Å². The number of fused-ring (bicyclic) bond motifs is 1. The number of aromatic nitrogens is 4. The first-order chi connectivity index (χ1) is 15.3. The number of amides is 1. The number of halogens is 1. The summed E-state index contributed by atoms with van der Waals surface area (Å²) < 4.78 is 18.0. The highest BCUT2D eigenvalue weighted by Gasteiger charge is 2.24. The standard InChI is InChI=1S/C23H22FN7O/c1-14-21(23(32)29(2)9-8-25)27-22(15-4-5-16(12-26)19(24)11-15)31(14)18-6-7-20-17(10-18)13-30(3)28-20/h4-7,10-11,13H,8-9,25H2,1-3H3. The molecule has 0 aliphatic carbocycles. The summed E-state index contributed by atoms with van der Waals surface area (Å²) in [5.41, 5.74) is 8.46. The fourth-order valence-corrected chi connectivity index (χ4v) is 3.71. The minimum Gasteiger partial charge on any atom is -0.339 e. The number of carbonyl (C=O) groups excluding carboxylic acids is 1. The minimum absolute atomic E-state index is 0.0562. The summed E-state index contributed by atoms with van der Waals surface area (Å²) in [5, 5.41) is 14.4. The molecule has 0 saturated carbocycles. The monoisotopic (exact) mass is 431 g/mol. The van der Waals surface area contributed by atoms with E-state index in [9.17, 15) is 9.18 Å². The van der Waals surface area contributed by atoms with Gasteiger partial charge in [-0.25, -0.2) is 9.37 Å². The molecule has 0 aliphatic heterocycles. The van der Waals surface area contributed by atoms with Crippen LogP contribution in [0.1, 0.15) is 21.7 Å². The zero-order chi connectivity index (χ0) is 23.0. The largest absolute Gasteiger partial charge is 0.339 e. The van der Waals surface area contributed by atoms with Crippen LogP contribution >= 0.6 is 0 Å². The van der Waals surface area contributed by atoms with Crippen molar-refractivity contribution in [3.63, 3.8) is 0 Å². The minimum atomic E-state index is -0.645. The molecule has 0 atom stereocenters. The zero-order valence-corrected chi connectivity index (χ0v) is 18.0. The lowest BCUT2D eigenvalue weighted by atomic mass is 10.1. The summed E-state index contributed by atoms with van der Waals surface area (Å²) in [5.74, 6) is -0.517. The summed E-state index contributed by atoms with van der Waals surface area (Å²) in [6.45, 7) is 2.51. The van der Waals surface area contributed by atoms with Crippen molar-refractivity contribution < 1.29 is 9.18 Å². The maximum Gasteiger partial charge on any atom is 0.274 e. The smallest absolute Gasteiger partial charge is 0.274 e. The molecule has 0 fully saturated rings. The van der Waals surface area contributed by atoms with Gasteiger partial charge in [-0.3, -0.25) is 14.0 Å².